The van der Waals surface area contributed by atoms with Gasteiger partial charge in [-0.25, -0.2) is 4.98 Å². The molecule has 0 aliphatic rings. The van der Waals surface area contributed by atoms with Gasteiger partial charge < -0.3 is 4.57 Å². The van der Waals surface area contributed by atoms with Gasteiger partial charge in [-0.3, -0.25) is 4.98 Å². The minimum atomic E-state index is 0.0600. The largest absolute Gasteiger partial charge is 0.319 e. The van der Waals surface area contributed by atoms with Crippen molar-refractivity contribution < 1.29 is 0 Å². The van der Waals surface area contributed by atoms with Crippen molar-refractivity contribution in [3.8, 4) is 0 Å². The highest BCUT2D eigenvalue weighted by Crippen LogP contribution is 2.30. The lowest BCUT2D eigenvalue weighted by Gasteiger charge is -2.18. The second-order valence-electron chi connectivity index (χ2n) is 4.59. The number of alkyl halides is 1. The van der Waals surface area contributed by atoms with Crippen molar-refractivity contribution in [2.24, 2.45) is 0 Å². The first kappa shape index (κ1) is 13.4. The number of aromatic nitrogens is 3. The molecule has 1 atom stereocenters. The number of imidazole rings is 1. The maximum Gasteiger partial charge on any atom is 0.125 e. The van der Waals surface area contributed by atoms with Gasteiger partial charge in [-0.05, 0) is 24.6 Å². The van der Waals surface area contributed by atoms with E-state index in [9.17, 15) is 0 Å². The summed E-state index contributed by atoms with van der Waals surface area (Å²) in [6.07, 6.45) is 3.51. The Bertz CT molecular complexity index is 752. The zero-order chi connectivity index (χ0) is 14.1. The summed E-state index contributed by atoms with van der Waals surface area (Å²) in [4.78, 5) is 8.64. The number of hydrogen-bond acceptors (Lipinski definition) is 2. The van der Waals surface area contributed by atoms with Crippen LogP contribution in [0.25, 0.3) is 11.0 Å². The van der Waals surface area contributed by atoms with Gasteiger partial charge in [0.25, 0.3) is 0 Å². The first-order valence-electron chi connectivity index (χ1n) is 6.33. The van der Waals surface area contributed by atoms with Crippen molar-refractivity contribution in [2.75, 3.05) is 0 Å². The number of benzene rings is 1. The van der Waals surface area contributed by atoms with E-state index in [-0.39, 0.29) is 6.04 Å². The van der Waals surface area contributed by atoms with E-state index in [1.807, 2.05) is 30.3 Å². The Morgan fingerprint density at radius 1 is 1.25 bits per heavy atom. The Morgan fingerprint density at radius 3 is 2.80 bits per heavy atom. The summed E-state index contributed by atoms with van der Waals surface area (Å²) >= 11 is 12.3. The van der Waals surface area contributed by atoms with Crippen LogP contribution in [-0.2, 0) is 5.88 Å². The smallest absolute Gasteiger partial charge is 0.125 e. The fourth-order valence-corrected chi connectivity index (χ4v) is 2.96. The quantitative estimate of drug-likeness (QED) is 0.670. The molecule has 0 saturated heterocycles. The van der Waals surface area contributed by atoms with Crippen molar-refractivity contribution >= 4 is 34.2 Å². The fourth-order valence-electron chi connectivity index (χ4n) is 2.48. The molecule has 0 aliphatic heterocycles. The maximum absolute atomic E-state index is 6.30. The van der Waals surface area contributed by atoms with Crippen molar-refractivity contribution in [3.05, 3.63) is 59.1 Å². The standard InChI is InChI=1S/C15H13Cl2N3/c1-10(11-4-2-3-5-12(11)17)20-14-6-7-18-9-13(14)19-15(20)8-16/h2-7,9-10H,8H2,1H3. The Labute approximate surface area is 127 Å². The molecule has 3 rings (SSSR count). The van der Waals surface area contributed by atoms with Crippen LogP contribution in [0, 0.1) is 0 Å². The number of nitrogens with zero attached hydrogens (tertiary/aromatic N) is 3. The molecule has 1 unspecified atom stereocenters. The first-order chi connectivity index (χ1) is 9.72. The molecule has 0 bridgehead atoms. The van der Waals surface area contributed by atoms with Gasteiger partial charge in [0.15, 0.2) is 0 Å². The second kappa shape index (κ2) is 5.43. The number of pyridine rings is 1. The van der Waals surface area contributed by atoms with E-state index >= 15 is 0 Å². The molecule has 2 heterocycles. The molecule has 3 nitrogen and oxygen atoms in total. The first-order valence-corrected chi connectivity index (χ1v) is 7.25. The summed E-state index contributed by atoms with van der Waals surface area (Å²) in [5.74, 6) is 1.17. The van der Waals surface area contributed by atoms with Crippen LogP contribution in [0.15, 0.2) is 42.7 Å². The van der Waals surface area contributed by atoms with Gasteiger partial charge in [0.05, 0.1) is 23.6 Å². The Hall–Kier alpha value is -1.58. The van der Waals surface area contributed by atoms with Crippen LogP contribution in [0.3, 0.4) is 0 Å². The van der Waals surface area contributed by atoms with E-state index in [4.69, 9.17) is 23.2 Å². The van der Waals surface area contributed by atoms with E-state index in [1.54, 1.807) is 12.4 Å². The lowest BCUT2D eigenvalue weighted by Crippen LogP contribution is -2.10. The van der Waals surface area contributed by atoms with Crippen LogP contribution in [0.4, 0.5) is 0 Å². The van der Waals surface area contributed by atoms with Gasteiger partial charge in [0.1, 0.15) is 11.3 Å². The number of hydrogen-bond donors (Lipinski definition) is 0. The van der Waals surface area contributed by atoms with E-state index in [2.05, 4.69) is 21.5 Å². The summed E-state index contributed by atoms with van der Waals surface area (Å²) in [5.41, 5.74) is 2.92. The topological polar surface area (TPSA) is 30.7 Å². The van der Waals surface area contributed by atoms with Crippen molar-refractivity contribution in [3.63, 3.8) is 0 Å². The Kier molecular flexibility index (Phi) is 3.64. The summed E-state index contributed by atoms with van der Waals surface area (Å²) in [6, 6.07) is 9.85. The van der Waals surface area contributed by atoms with Gasteiger partial charge in [-0.1, -0.05) is 29.8 Å². The summed E-state index contributed by atoms with van der Waals surface area (Å²) in [6.45, 7) is 2.10. The molecule has 0 N–H and O–H groups in total. The van der Waals surface area contributed by atoms with E-state index in [1.165, 1.54) is 0 Å². The third-order valence-corrected chi connectivity index (χ3v) is 4.01. The zero-order valence-electron chi connectivity index (χ0n) is 10.9. The third-order valence-electron chi connectivity index (χ3n) is 3.43. The highest BCUT2D eigenvalue weighted by atomic mass is 35.5. The lowest BCUT2D eigenvalue weighted by atomic mass is 10.1. The van der Waals surface area contributed by atoms with E-state index in [0.29, 0.717) is 5.88 Å². The highest BCUT2D eigenvalue weighted by molar-refractivity contribution is 6.31. The van der Waals surface area contributed by atoms with Gasteiger partial charge in [-0.15, -0.1) is 11.6 Å². The molecule has 0 aliphatic carbocycles. The van der Waals surface area contributed by atoms with E-state index in [0.717, 1.165) is 27.4 Å². The number of rotatable bonds is 3. The Morgan fingerprint density at radius 2 is 2.05 bits per heavy atom. The average molecular weight is 306 g/mol. The molecule has 0 radical (unpaired) electrons. The Balaban J connectivity index is 2.21. The van der Waals surface area contributed by atoms with Gasteiger partial charge in [0, 0.05) is 11.2 Å². The predicted octanol–water partition coefficient (Wildman–Crippen LogP) is 4.43. The molecular formula is C15H13Cl2N3. The van der Waals surface area contributed by atoms with Gasteiger partial charge >= 0.3 is 0 Å². The number of fused-ring (bicyclic) bond motifs is 1. The molecule has 3 aromatic rings. The van der Waals surface area contributed by atoms with Crippen LogP contribution in [-0.4, -0.2) is 14.5 Å². The average Bonchev–Trinajstić information content (AvgIpc) is 2.85. The molecule has 20 heavy (non-hydrogen) atoms. The maximum atomic E-state index is 6.30. The van der Waals surface area contributed by atoms with Crippen LogP contribution in [0.1, 0.15) is 24.4 Å². The van der Waals surface area contributed by atoms with Crippen molar-refractivity contribution in [2.45, 2.75) is 18.8 Å². The molecule has 0 fully saturated rings. The summed E-state index contributed by atoms with van der Waals surface area (Å²) in [7, 11) is 0. The highest BCUT2D eigenvalue weighted by Gasteiger charge is 2.18. The van der Waals surface area contributed by atoms with Gasteiger partial charge in [0.2, 0.25) is 0 Å². The van der Waals surface area contributed by atoms with Crippen LogP contribution in [0.2, 0.25) is 5.02 Å². The monoisotopic (exact) mass is 305 g/mol. The molecule has 5 heteroatoms. The zero-order valence-corrected chi connectivity index (χ0v) is 12.4. The normalized spacial score (nSPS) is 12.8. The molecule has 0 saturated carbocycles. The molecule has 0 spiro atoms. The predicted molar refractivity (Wildman–Crippen MR) is 82.4 cm³/mol. The van der Waals surface area contributed by atoms with E-state index < -0.39 is 0 Å². The molecule has 2 aromatic heterocycles. The molecule has 102 valence electrons. The number of halogens is 2. The van der Waals surface area contributed by atoms with Crippen LogP contribution < -0.4 is 0 Å². The molecular weight excluding hydrogens is 293 g/mol. The van der Waals surface area contributed by atoms with Crippen LogP contribution in [0.5, 0.6) is 0 Å². The fraction of sp³-hybridized carbons (Fsp3) is 0.200. The minimum absolute atomic E-state index is 0.0600. The minimum Gasteiger partial charge on any atom is -0.319 e. The van der Waals surface area contributed by atoms with Crippen LogP contribution >= 0.6 is 23.2 Å². The summed E-state index contributed by atoms with van der Waals surface area (Å²) in [5, 5.41) is 0.747. The molecule has 1 aromatic carbocycles. The lowest BCUT2D eigenvalue weighted by molar-refractivity contribution is 0.634. The van der Waals surface area contributed by atoms with Crippen molar-refractivity contribution in [1.82, 2.24) is 14.5 Å². The summed E-state index contributed by atoms with van der Waals surface area (Å²) < 4.78 is 2.12. The third kappa shape index (κ3) is 2.17. The van der Waals surface area contributed by atoms with Crippen molar-refractivity contribution in [1.29, 1.82) is 0 Å². The SMILES string of the molecule is CC(c1ccccc1Cl)n1c(CCl)nc2cnccc21. The molecule has 0 amide bonds. The second-order valence-corrected chi connectivity index (χ2v) is 5.27. The van der Waals surface area contributed by atoms with Gasteiger partial charge in [-0.2, -0.15) is 0 Å².